The molecule has 3 aromatic rings. The number of rotatable bonds is 8. The van der Waals surface area contributed by atoms with E-state index in [1.165, 1.54) is 6.08 Å². The molecule has 0 aliphatic rings. The van der Waals surface area contributed by atoms with Gasteiger partial charge >= 0.3 is 0 Å². The monoisotopic (exact) mass is 376 g/mol. The van der Waals surface area contributed by atoms with Crippen LogP contribution in [0.3, 0.4) is 0 Å². The highest BCUT2D eigenvalue weighted by Crippen LogP contribution is 2.34. The van der Waals surface area contributed by atoms with Crippen molar-refractivity contribution in [3.05, 3.63) is 108 Å². The predicted octanol–water partition coefficient (Wildman–Crippen LogP) is 6.63. The number of hydrogen-bond donors (Lipinski definition) is 1. The molecule has 3 heteroatoms. The highest BCUT2D eigenvalue weighted by Gasteiger charge is 2.24. The summed E-state index contributed by atoms with van der Waals surface area (Å²) < 4.78 is 20.3. The highest BCUT2D eigenvalue weighted by molar-refractivity contribution is 5.34. The van der Waals surface area contributed by atoms with Crippen LogP contribution >= 0.6 is 0 Å². The standard InChI is InChI=1S/C25H25FO2/c1-2-24(26)23(18-13-19-9-5-3-6-10-19)25(27)20-14-16-22(17-15-20)28-21-11-7-4-8-12-21/h2-12,14-17,23,25,27H,13,18H2,1H3/b24-2-/t23-,25+/m1/s1. The maximum atomic E-state index is 14.5. The Balaban J connectivity index is 1.70. The first kappa shape index (κ1) is 19.8. The van der Waals surface area contributed by atoms with Gasteiger partial charge in [0.05, 0.1) is 6.10 Å². The number of aliphatic hydroxyl groups is 1. The molecule has 0 aliphatic carbocycles. The van der Waals surface area contributed by atoms with Crippen LogP contribution in [0.1, 0.15) is 30.6 Å². The predicted molar refractivity (Wildman–Crippen MR) is 111 cm³/mol. The molecule has 3 aromatic carbocycles. The molecule has 0 saturated carbocycles. The molecule has 0 amide bonds. The molecule has 2 nitrogen and oxygen atoms in total. The average molecular weight is 376 g/mol. The summed E-state index contributed by atoms with van der Waals surface area (Å²) in [6, 6.07) is 26.6. The van der Waals surface area contributed by atoms with Crippen molar-refractivity contribution in [2.75, 3.05) is 0 Å². The number of hydrogen-bond acceptors (Lipinski definition) is 2. The Morgan fingerprint density at radius 1 is 0.893 bits per heavy atom. The van der Waals surface area contributed by atoms with Crippen LogP contribution in [0.25, 0.3) is 0 Å². The van der Waals surface area contributed by atoms with Crippen LogP contribution in [0.2, 0.25) is 0 Å². The van der Waals surface area contributed by atoms with Crippen molar-refractivity contribution in [3.8, 4) is 11.5 Å². The van der Waals surface area contributed by atoms with Gasteiger partial charge in [0.1, 0.15) is 17.3 Å². The van der Waals surface area contributed by atoms with Crippen LogP contribution in [0.15, 0.2) is 96.8 Å². The minimum absolute atomic E-state index is 0.284. The Morgan fingerprint density at radius 2 is 1.46 bits per heavy atom. The van der Waals surface area contributed by atoms with Gasteiger partial charge in [-0.25, -0.2) is 4.39 Å². The SMILES string of the molecule is C/C=C(\F)[C@@H](CCc1ccccc1)[C@@H](O)c1ccc(Oc2ccccc2)cc1. The second kappa shape index (κ2) is 9.86. The van der Waals surface area contributed by atoms with Crippen molar-refractivity contribution >= 4 is 0 Å². The van der Waals surface area contributed by atoms with Crippen LogP contribution < -0.4 is 4.74 Å². The Bertz CT molecular complexity index is 873. The number of para-hydroxylation sites is 1. The third kappa shape index (κ3) is 5.30. The van der Waals surface area contributed by atoms with E-state index in [0.717, 1.165) is 11.3 Å². The quantitative estimate of drug-likeness (QED) is 0.478. The van der Waals surface area contributed by atoms with Crippen molar-refractivity contribution in [1.82, 2.24) is 0 Å². The number of aryl methyl sites for hydroxylation is 1. The lowest BCUT2D eigenvalue weighted by Crippen LogP contribution is -2.14. The summed E-state index contributed by atoms with van der Waals surface area (Å²) in [4.78, 5) is 0. The van der Waals surface area contributed by atoms with Gasteiger partial charge in [-0.3, -0.25) is 0 Å². The Kier molecular flexibility index (Phi) is 6.99. The van der Waals surface area contributed by atoms with Crippen molar-refractivity contribution in [2.24, 2.45) is 5.92 Å². The number of benzene rings is 3. The smallest absolute Gasteiger partial charge is 0.127 e. The molecule has 0 unspecified atom stereocenters. The maximum Gasteiger partial charge on any atom is 0.127 e. The summed E-state index contributed by atoms with van der Waals surface area (Å²) >= 11 is 0. The first-order valence-corrected chi connectivity index (χ1v) is 9.54. The molecule has 0 heterocycles. The van der Waals surface area contributed by atoms with Crippen LogP contribution in [0, 0.1) is 5.92 Å². The average Bonchev–Trinajstić information content (AvgIpc) is 2.75. The Morgan fingerprint density at radius 3 is 2.07 bits per heavy atom. The first-order chi connectivity index (χ1) is 13.7. The summed E-state index contributed by atoms with van der Waals surface area (Å²) in [7, 11) is 0. The molecule has 0 saturated heterocycles. The van der Waals surface area contributed by atoms with Crippen molar-refractivity contribution < 1.29 is 14.2 Å². The van der Waals surface area contributed by atoms with Gasteiger partial charge in [0, 0.05) is 5.92 Å². The van der Waals surface area contributed by atoms with Gasteiger partial charge in [0.2, 0.25) is 0 Å². The zero-order chi connectivity index (χ0) is 19.8. The van der Waals surface area contributed by atoms with Gasteiger partial charge in [-0.2, -0.15) is 0 Å². The van der Waals surface area contributed by atoms with Crippen LogP contribution in [0.5, 0.6) is 11.5 Å². The van der Waals surface area contributed by atoms with Gasteiger partial charge in [-0.1, -0.05) is 66.7 Å². The van der Waals surface area contributed by atoms with Crippen LogP contribution in [0.4, 0.5) is 4.39 Å². The lowest BCUT2D eigenvalue weighted by molar-refractivity contribution is 0.109. The third-order valence-electron chi connectivity index (χ3n) is 4.80. The molecule has 1 N–H and O–H groups in total. The largest absolute Gasteiger partial charge is 0.457 e. The van der Waals surface area contributed by atoms with Gasteiger partial charge in [0.15, 0.2) is 0 Å². The van der Waals surface area contributed by atoms with Crippen molar-refractivity contribution in [2.45, 2.75) is 25.9 Å². The molecule has 144 valence electrons. The summed E-state index contributed by atoms with van der Waals surface area (Å²) in [5, 5.41) is 10.8. The Hall–Kier alpha value is -2.91. The van der Waals surface area contributed by atoms with Gasteiger partial charge in [-0.15, -0.1) is 0 Å². The van der Waals surface area contributed by atoms with E-state index in [1.807, 2.05) is 60.7 Å². The highest BCUT2D eigenvalue weighted by atomic mass is 19.1. The zero-order valence-corrected chi connectivity index (χ0v) is 16.0. The van der Waals surface area contributed by atoms with E-state index in [9.17, 15) is 9.50 Å². The second-order valence-corrected chi connectivity index (χ2v) is 6.73. The number of allylic oxidation sites excluding steroid dienone is 1. The lowest BCUT2D eigenvalue weighted by Gasteiger charge is -2.22. The molecule has 0 aromatic heterocycles. The topological polar surface area (TPSA) is 29.5 Å². The molecular formula is C25H25FO2. The van der Waals surface area contributed by atoms with E-state index in [4.69, 9.17) is 4.74 Å². The summed E-state index contributed by atoms with van der Waals surface area (Å²) in [5.74, 6) is 0.560. The van der Waals surface area contributed by atoms with Crippen LogP contribution in [-0.2, 0) is 6.42 Å². The lowest BCUT2D eigenvalue weighted by atomic mass is 9.89. The minimum atomic E-state index is -0.911. The summed E-state index contributed by atoms with van der Waals surface area (Å²) in [6.45, 7) is 1.66. The van der Waals surface area contributed by atoms with Gasteiger partial charge < -0.3 is 9.84 Å². The minimum Gasteiger partial charge on any atom is -0.457 e. The molecule has 0 bridgehead atoms. The third-order valence-corrected chi connectivity index (χ3v) is 4.80. The maximum absolute atomic E-state index is 14.5. The number of ether oxygens (including phenoxy) is 1. The molecule has 0 spiro atoms. The fraction of sp³-hybridized carbons (Fsp3) is 0.200. The van der Waals surface area contributed by atoms with E-state index >= 15 is 0 Å². The molecule has 0 fully saturated rings. The van der Waals surface area contributed by atoms with E-state index < -0.39 is 12.0 Å². The van der Waals surface area contributed by atoms with E-state index in [0.29, 0.717) is 24.2 Å². The second-order valence-electron chi connectivity index (χ2n) is 6.73. The van der Waals surface area contributed by atoms with Gasteiger partial charge in [0.25, 0.3) is 0 Å². The summed E-state index contributed by atoms with van der Waals surface area (Å²) in [6.07, 6.45) is 1.76. The van der Waals surface area contributed by atoms with Crippen molar-refractivity contribution in [3.63, 3.8) is 0 Å². The first-order valence-electron chi connectivity index (χ1n) is 9.54. The van der Waals surface area contributed by atoms with E-state index in [2.05, 4.69) is 0 Å². The van der Waals surface area contributed by atoms with E-state index in [-0.39, 0.29) is 5.83 Å². The number of halogens is 1. The summed E-state index contributed by atoms with van der Waals surface area (Å²) in [5.41, 5.74) is 1.81. The normalized spacial score (nSPS) is 13.8. The molecule has 2 atom stereocenters. The fourth-order valence-electron chi connectivity index (χ4n) is 3.22. The molecule has 0 radical (unpaired) electrons. The molecular weight excluding hydrogens is 351 g/mol. The molecule has 28 heavy (non-hydrogen) atoms. The molecule has 0 aliphatic heterocycles. The zero-order valence-electron chi connectivity index (χ0n) is 16.0. The Labute approximate surface area is 165 Å². The fourth-order valence-corrected chi connectivity index (χ4v) is 3.22. The van der Waals surface area contributed by atoms with Crippen LogP contribution in [-0.4, -0.2) is 5.11 Å². The number of aliphatic hydroxyl groups excluding tert-OH is 1. The van der Waals surface area contributed by atoms with Gasteiger partial charge in [-0.05, 0) is 55.2 Å². The molecule has 3 rings (SSSR count). The van der Waals surface area contributed by atoms with E-state index in [1.54, 1.807) is 31.2 Å². The van der Waals surface area contributed by atoms with Crippen molar-refractivity contribution in [1.29, 1.82) is 0 Å².